The van der Waals surface area contributed by atoms with Crippen LogP contribution < -0.4 is 9.62 Å². The van der Waals surface area contributed by atoms with Crippen LogP contribution in [0.25, 0.3) is 0 Å². The Hall–Kier alpha value is -3.07. The molecule has 0 saturated heterocycles. The van der Waals surface area contributed by atoms with E-state index < -0.39 is 28.5 Å². The Morgan fingerprint density at radius 2 is 1.48 bits per heavy atom. The minimum Gasteiger partial charge on any atom is -0.352 e. The first kappa shape index (κ1) is 31.9. The van der Waals surface area contributed by atoms with Gasteiger partial charge in [-0.25, -0.2) is 8.42 Å². The highest BCUT2D eigenvalue weighted by Gasteiger charge is 2.35. The fourth-order valence-electron chi connectivity index (χ4n) is 5.55. The first-order valence-electron chi connectivity index (χ1n) is 14.1. The van der Waals surface area contributed by atoms with Gasteiger partial charge in [-0.05, 0) is 55.5 Å². The second kappa shape index (κ2) is 13.9. The van der Waals surface area contributed by atoms with Gasteiger partial charge in [0.2, 0.25) is 21.8 Å². The third-order valence-electron chi connectivity index (χ3n) is 7.73. The number of nitrogens with one attached hydrogen (secondary N) is 1. The van der Waals surface area contributed by atoms with E-state index in [-0.39, 0.29) is 24.9 Å². The molecule has 1 fully saturated rings. The summed E-state index contributed by atoms with van der Waals surface area (Å²) >= 11 is 13.1. The molecule has 0 heterocycles. The summed E-state index contributed by atoms with van der Waals surface area (Å²) in [6.07, 6.45) is 5.13. The quantitative estimate of drug-likeness (QED) is 0.279. The average Bonchev–Trinajstić information content (AvgIpc) is 3.44. The number of aryl methyl sites for hydroxylation is 2. The first-order chi connectivity index (χ1) is 20.0. The van der Waals surface area contributed by atoms with E-state index in [2.05, 4.69) is 5.32 Å². The topological polar surface area (TPSA) is 86.8 Å². The van der Waals surface area contributed by atoms with Crippen LogP contribution in [0.3, 0.4) is 0 Å². The van der Waals surface area contributed by atoms with E-state index in [1.807, 2.05) is 36.4 Å². The van der Waals surface area contributed by atoms with Crippen molar-refractivity contribution >= 4 is 50.7 Å². The molecule has 1 aliphatic rings. The number of rotatable bonds is 11. The lowest BCUT2D eigenvalue weighted by atomic mass is 10.0. The molecule has 1 atom stereocenters. The summed E-state index contributed by atoms with van der Waals surface area (Å²) in [6, 6.07) is 19.1. The van der Waals surface area contributed by atoms with Crippen molar-refractivity contribution in [1.29, 1.82) is 0 Å². The maximum atomic E-state index is 14.4. The molecule has 0 unspecified atom stereocenters. The number of amides is 2. The summed E-state index contributed by atoms with van der Waals surface area (Å²) in [7, 11) is -3.87. The molecule has 224 valence electrons. The molecule has 2 amide bonds. The fraction of sp³-hybridized carbons (Fsp3) is 0.375. The van der Waals surface area contributed by atoms with E-state index in [9.17, 15) is 18.0 Å². The Bertz CT molecular complexity index is 1490. The second-order valence-electron chi connectivity index (χ2n) is 10.9. The predicted molar refractivity (Wildman–Crippen MR) is 169 cm³/mol. The molecule has 1 N–H and O–H groups in total. The highest BCUT2D eigenvalue weighted by Crippen LogP contribution is 2.30. The molecule has 0 aliphatic heterocycles. The molecular weight excluding hydrogens is 593 g/mol. The number of carbonyl (C=O) groups is 2. The summed E-state index contributed by atoms with van der Waals surface area (Å²) < 4.78 is 27.4. The van der Waals surface area contributed by atoms with Gasteiger partial charge in [-0.2, -0.15) is 0 Å². The van der Waals surface area contributed by atoms with E-state index in [0.717, 1.165) is 41.8 Å². The molecule has 1 saturated carbocycles. The number of anilines is 1. The van der Waals surface area contributed by atoms with Crippen LogP contribution in [0.5, 0.6) is 0 Å². The van der Waals surface area contributed by atoms with Crippen LogP contribution >= 0.6 is 23.2 Å². The van der Waals surface area contributed by atoms with Gasteiger partial charge in [-0.3, -0.25) is 13.9 Å². The molecule has 1 aliphatic carbocycles. The number of carbonyl (C=O) groups excluding carboxylic acids is 2. The zero-order valence-electron chi connectivity index (χ0n) is 24.1. The largest absolute Gasteiger partial charge is 0.352 e. The second-order valence-corrected chi connectivity index (χ2v) is 13.6. The Labute approximate surface area is 258 Å². The van der Waals surface area contributed by atoms with Crippen LogP contribution in [0, 0.1) is 13.8 Å². The first-order valence-corrected chi connectivity index (χ1v) is 16.7. The van der Waals surface area contributed by atoms with Crippen molar-refractivity contribution in [3.05, 3.63) is 99.0 Å². The van der Waals surface area contributed by atoms with Gasteiger partial charge in [0.1, 0.15) is 12.6 Å². The Morgan fingerprint density at radius 1 is 0.905 bits per heavy atom. The van der Waals surface area contributed by atoms with Gasteiger partial charge in [0.15, 0.2) is 0 Å². The van der Waals surface area contributed by atoms with Crippen molar-refractivity contribution < 1.29 is 18.0 Å². The van der Waals surface area contributed by atoms with Gasteiger partial charge in [-0.15, -0.1) is 0 Å². The van der Waals surface area contributed by atoms with Crippen LogP contribution in [0.1, 0.15) is 47.9 Å². The monoisotopic (exact) mass is 629 g/mol. The molecule has 10 heteroatoms. The van der Waals surface area contributed by atoms with Gasteiger partial charge < -0.3 is 10.2 Å². The molecule has 4 rings (SSSR count). The van der Waals surface area contributed by atoms with Gasteiger partial charge in [-0.1, -0.05) is 90.6 Å². The highest BCUT2D eigenvalue weighted by atomic mass is 35.5. The van der Waals surface area contributed by atoms with Crippen LogP contribution in [0.2, 0.25) is 10.0 Å². The molecule has 0 bridgehead atoms. The van der Waals surface area contributed by atoms with E-state index in [0.29, 0.717) is 32.4 Å². The van der Waals surface area contributed by atoms with Crippen molar-refractivity contribution in [2.24, 2.45) is 0 Å². The van der Waals surface area contributed by atoms with E-state index >= 15 is 0 Å². The van der Waals surface area contributed by atoms with Crippen molar-refractivity contribution in [1.82, 2.24) is 10.2 Å². The molecule has 0 radical (unpaired) electrons. The third kappa shape index (κ3) is 7.85. The van der Waals surface area contributed by atoms with E-state index in [4.69, 9.17) is 23.2 Å². The van der Waals surface area contributed by atoms with Gasteiger partial charge in [0.25, 0.3) is 0 Å². The normalized spacial score (nSPS) is 14.4. The van der Waals surface area contributed by atoms with Crippen molar-refractivity contribution in [2.75, 3.05) is 17.1 Å². The van der Waals surface area contributed by atoms with Crippen LogP contribution in [0.15, 0.2) is 66.7 Å². The van der Waals surface area contributed by atoms with Crippen molar-refractivity contribution in [2.45, 2.75) is 64.6 Å². The lowest BCUT2D eigenvalue weighted by Gasteiger charge is -2.35. The number of sulfonamides is 1. The minimum atomic E-state index is -3.87. The summed E-state index contributed by atoms with van der Waals surface area (Å²) in [6.45, 7) is 3.05. The Kier molecular flexibility index (Phi) is 10.6. The zero-order chi connectivity index (χ0) is 30.4. The SMILES string of the molecule is Cc1cccc(C)c1N(CC(=O)N(Cc1c(Cl)cccc1Cl)[C@@H](Cc1ccccc1)C(=O)NC1CCCC1)S(C)(=O)=O. The molecule has 0 aromatic heterocycles. The standard InChI is InChI=1S/C32H37Cl2N3O4S/c1-22-11-9-12-23(2)31(22)37(42(3,40)41)21-30(38)36(20-26-27(33)17-10-18-28(26)34)29(19-24-13-5-4-6-14-24)32(39)35-25-15-7-8-16-25/h4-6,9-14,17-18,25,29H,7-8,15-16,19-21H2,1-3H3,(H,35,39)/t29-/m0/s1. The predicted octanol–water partition coefficient (Wildman–Crippen LogP) is 6.08. The van der Waals surface area contributed by atoms with Gasteiger partial charge in [0, 0.05) is 34.6 Å². The van der Waals surface area contributed by atoms with Crippen LogP contribution in [-0.4, -0.2) is 50.0 Å². The molecule has 0 spiro atoms. The van der Waals surface area contributed by atoms with Crippen LogP contribution in [-0.2, 0) is 32.6 Å². The molecule has 42 heavy (non-hydrogen) atoms. The number of nitrogens with zero attached hydrogens (tertiary/aromatic N) is 2. The van der Waals surface area contributed by atoms with E-state index in [1.165, 1.54) is 4.90 Å². The maximum absolute atomic E-state index is 14.4. The summed E-state index contributed by atoms with van der Waals surface area (Å²) in [5, 5.41) is 3.86. The van der Waals surface area contributed by atoms with Crippen molar-refractivity contribution in [3.8, 4) is 0 Å². The molecule has 3 aromatic rings. The third-order valence-corrected chi connectivity index (χ3v) is 9.55. The Morgan fingerprint density at radius 3 is 2.05 bits per heavy atom. The molecular formula is C32H37Cl2N3O4S. The minimum absolute atomic E-state index is 0.0266. The summed E-state index contributed by atoms with van der Waals surface area (Å²) in [5.41, 5.74) is 3.22. The summed E-state index contributed by atoms with van der Waals surface area (Å²) in [5.74, 6) is -0.832. The van der Waals surface area contributed by atoms with Crippen LogP contribution in [0.4, 0.5) is 5.69 Å². The number of hydrogen-bond acceptors (Lipinski definition) is 4. The lowest BCUT2D eigenvalue weighted by Crippen LogP contribution is -2.54. The van der Waals surface area contributed by atoms with Crippen molar-refractivity contribution in [3.63, 3.8) is 0 Å². The average molecular weight is 631 g/mol. The van der Waals surface area contributed by atoms with Gasteiger partial charge >= 0.3 is 0 Å². The number of hydrogen-bond donors (Lipinski definition) is 1. The Balaban J connectivity index is 1.79. The smallest absolute Gasteiger partial charge is 0.244 e. The number of benzene rings is 3. The lowest BCUT2D eigenvalue weighted by molar-refractivity contribution is -0.140. The molecule has 7 nitrogen and oxygen atoms in total. The zero-order valence-corrected chi connectivity index (χ0v) is 26.5. The number of halogens is 2. The fourth-order valence-corrected chi connectivity index (χ4v) is 7.03. The summed E-state index contributed by atoms with van der Waals surface area (Å²) in [4.78, 5) is 29.7. The highest BCUT2D eigenvalue weighted by molar-refractivity contribution is 7.92. The maximum Gasteiger partial charge on any atom is 0.244 e. The molecule has 3 aromatic carbocycles. The van der Waals surface area contributed by atoms with Gasteiger partial charge in [0.05, 0.1) is 11.9 Å². The number of para-hydroxylation sites is 1. The van der Waals surface area contributed by atoms with E-state index in [1.54, 1.807) is 44.2 Å².